The van der Waals surface area contributed by atoms with Crippen molar-refractivity contribution in [1.29, 1.82) is 0 Å². The molecule has 0 aliphatic rings. The van der Waals surface area contributed by atoms with Crippen molar-refractivity contribution in [3.05, 3.63) is 83.1 Å². The summed E-state index contributed by atoms with van der Waals surface area (Å²) in [5.41, 5.74) is 2.27. The second-order valence-electron chi connectivity index (χ2n) is 4.64. The molecule has 0 aliphatic heterocycles. The van der Waals surface area contributed by atoms with Crippen LogP contribution in [0.4, 0.5) is 0 Å². The third kappa shape index (κ3) is 3.23. The second-order valence-corrected chi connectivity index (χ2v) is 5.56. The minimum atomic E-state index is -0.433. The molecule has 108 valence electrons. The Bertz CT molecular complexity index is 803. The smallest absolute Gasteiger partial charge is 0.345 e. The van der Waals surface area contributed by atoms with Crippen LogP contribution in [0.15, 0.2) is 77.5 Å². The van der Waals surface area contributed by atoms with Crippen molar-refractivity contribution in [1.82, 2.24) is 4.98 Å². The molecule has 0 bridgehead atoms. The van der Waals surface area contributed by atoms with E-state index in [4.69, 9.17) is 4.74 Å². The Morgan fingerprint density at radius 1 is 0.955 bits per heavy atom. The van der Waals surface area contributed by atoms with E-state index in [1.807, 2.05) is 48.5 Å². The zero-order valence-corrected chi connectivity index (χ0v) is 13.2. The van der Waals surface area contributed by atoms with Gasteiger partial charge in [0, 0.05) is 22.4 Å². The average molecular weight is 354 g/mol. The predicted molar refractivity (Wildman–Crippen MR) is 88.8 cm³/mol. The molecule has 0 aliphatic carbocycles. The van der Waals surface area contributed by atoms with Crippen LogP contribution in [0.5, 0.6) is 5.75 Å². The minimum absolute atomic E-state index is 0.400. The molecule has 0 N–H and O–H groups in total. The number of hydrogen-bond acceptors (Lipinski definition) is 3. The molecule has 0 saturated heterocycles. The number of rotatable bonds is 3. The van der Waals surface area contributed by atoms with Crippen molar-refractivity contribution < 1.29 is 9.53 Å². The molecular formula is C18H12BrNO2. The maximum atomic E-state index is 12.3. The van der Waals surface area contributed by atoms with Gasteiger partial charge in [-0.05, 0) is 33.6 Å². The first-order chi connectivity index (χ1) is 10.7. The Kier molecular flexibility index (Phi) is 4.30. The molecule has 2 aromatic carbocycles. The van der Waals surface area contributed by atoms with E-state index in [9.17, 15) is 4.79 Å². The summed E-state index contributed by atoms with van der Waals surface area (Å²) in [5, 5.41) is 0. The Balaban J connectivity index is 1.92. The summed E-state index contributed by atoms with van der Waals surface area (Å²) in [6.07, 6.45) is 3.10. The van der Waals surface area contributed by atoms with Crippen LogP contribution in [0.1, 0.15) is 10.4 Å². The molecule has 3 rings (SSSR count). The van der Waals surface area contributed by atoms with E-state index in [0.29, 0.717) is 11.3 Å². The van der Waals surface area contributed by atoms with Gasteiger partial charge in [-0.3, -0.25) is 4.98 Å². The molecule has 0 atom stereocenters. The van der Waals surface area contributed by atoms with Gasteiger partial charge in [-0.25, -0.2) is 4.79 Å². The van der Waals surface area contributed by atoms with E-state index in [1.165, 1.54) is 6.20 Å². The van der Waals surface area contributed by atoms with Crippen molar-refractivity contribution in [2.45, 2.75) is 0 Å². The number of esters is 1. The summed E-state index contributed by atoms with van der Waals surface area (Å²) in [7, 11) is 0. The van der Waals surface area contributed by atoms with Gasteiger partial charge in [-0.15, -0.1) is 0 Å². The van der Waals surface area contributed by atoms with Gasteiger partial charge < -0.3 is 4.74 Å². The fourth-order valence-electron chi connectivity index (χ4n) is 2.09. The van der Waals surface area contributed by atoms with Crippen LogP contribution >= 0.6 is 15.9 Å². The highest BCUT2D eigenvalue weighted by Crippen LogP contribution is 2.30. The van der Waals surface area contributed by atoms with E-state index >= 15 is 0 Å². The van der Waals surface area contributed by atoms with Crippen molar-refractivity contribution in [2.24, 2.45) is 0 Å². The van der Waals surface area contributed by atoms with Gasteiger partial charge >= 0.3 is 5.97 Å². The molecule has 1 aromatic heterocycles. The van der Waals surface area contributed by atoms with Crippen molar-refractivity contribution >= 4 is 21.9 Å². The number of halogens is 1. The zero-order valence-electron chi connectivity index (χ0n) is 11.6. The van der Waals surface area contributed by atoms with Crippen LogP contribution in [0.3, 0.4) is 0 Å². The Morgan fingerprint density at radius 2 is 1.68 bits per heavy atom. The zero-order chi connectivity index (χ0) is 15.4. The molecule has 0 fully saturated rings. The Hall–Kier alpha value is -2.46. The number of pyridine rings is 1. The maximum absolute atomic E-state index is 12.3. The van der Waals surface area contributed by atoms with Crippen molar-refractivity contribution in [3.63, 3.8) is 0 Å². The molecule has 1 heterocycles. The summed E-state index contributed by atoms with van der Waals surface area (Å²) in [5.74, 6) is 0.0934. The SMILES string of the molecule is O=C(Oc1ccccc1-c1ccccc1)c1cncc(Br)c1. The van der Waals surface area contributed by atoms with E-state index in [2.05, 4.69) is 20.9 Å². The first-order valence-electron chi connectivity index (χ1n) is 6.71. The highest BCUT2D eigenvalue weighted by molar-refractivity contribution is 9.10. The normalized spacial score (nSPS) is 10.2. The van der Waals surface area contributed by atoms with Crippen molar-refractivity contribution in [3.8, 4) is 16.9 Å². The Morgan fingerprint density at radius 3 is 2.45 bits per heavy atom. The monoisotopic (exact) mass is 353 g/mol. The summed E-state index contributed by atoms with van der Waals surface area (Å²) in [4.78, 5) is 16.2. The lowest BCUT2D eigenvalue weighted by molar-refractivity contribution is 0.0735. The molecular weight excluding hydrogens is 342 g/mol. The van der Waals surface area contributed by atoms with Gasteiger partial charge in [0.15, 0.2) is 0 Å². The number of carbonyl (C=O) groups excluding carboxylic acids is 1. The number of carbonyl (C=O) groups is 1. The Labute approximate surface area is 136 Å². The summed E-state index contributed by atoms with van der Waals surface area (Å²) < 4.78 is 6.28. The molecule has 3 nitrogen and oxygen atoms in total. The van der Waals surface area contributed by atoms with Crippen LogP contribution in [0.25, 0.3) is 11.1 Å². The first-order valence-corrected chi connectivity index (χ1v) is 7.50. The number of benzene rings is 2. The summed E-state index contributed by atoms with van der Waals surface area (Å²) >= 11 is 3.30. The van der Waals surface area contributed by atoms with E-state index in [-0.39, 0.29) is 0 Å². The first kappa shape index (κ1) is 14.5. The quantitative estimate of drug-likeness (QED) is 0.504. The van der Waals surface area contributed by atoms with Gasteiger partial charge in [-0.2, -0.15) is 0 Å². The molecule has 22 heavy (non-hydrogen) atoms. The number of aromatic nitrogens is 1. The molecule has 0 spiro atoms. The topological polar surface area (TPSA) is 39.2 Å². The molecule has 0 saturated carbocycles. The van der Waals surface area contributed by atoms with Gasteiger partial charge in [-0.1, -0.05) is 48.5 Å². The molecule has 0 radical (unpaired) electrons. The van der Waals surface area contributed by atoms with Crippen molar-refractivity contribution in [2.75, 3.05) is 0 Å². The fraction of sp³-hybridized carbons (Fsp3) is 0. The highest BCUT2D eigenvalue weighted by Gasteiger charge is 2.13. The lowest BCUT2D eigenvalue weighted by atomic mass is 10.1. The largest absolute Gasteiger partial charge is 0.422 e. The van der Waals surface area contributed by atoms with Crippen LogP contribution in [-0.2, 0) is 0 Å². The van der Waals surface area contributed by atoms with E-state index < -0.39 is 5.97 Å². The molecule has 0 amide bonds. The van der Waals surface area contributed by atoms with Crippen LogP contribution in [-0.4, -0.2) is 11.0 Å². The van der Waals surface area contributed by atoms with Gasteiger partial charge in [0.25, 0.3) is 0 Å². The molecule has 4 heteroatoms. The number of ether oxygens (including phenoxy) is 1. The van der Waals surface area contributed by atoms with Crippen LogP contribution in [0, 0.1) is 0 Å². The molecule has 0 unspecified atom stereocenters. The lowest BCUT2D eigenvalue weighted by Gasteiger charge is -2.10. The lowest BCUT2D eigenvalue weighted by Crippen LogP contribution is -2.09. The second kappa shape index (κ2) is 6.54. The minimum Gasteiger partial charge on any atom is -0.422 e. The van der Waals surface area contributed by atoms with Gasteiger partial charge in [0.2, 0.25) is 0 Å². The third-order valence-electron chi connectivity index (χ3n) is 3.12. The number of nitrogens with zero attached hydrogens (tertiary/aromatic N) is 1. The average Bonchev–Trinajstić information content (AvgIpc) is 2.56. The van der Waals surface area contributed by atoms with Gasteiger partial charge in [0.05, 0.1) is 5.56 Å². The highest BCUT2D eigenvalue weighted by atomic mass is 79.9. The third-order valence-corrected chi connectivity index (χ3v) is 3.55. The summed E-state index contributed by atoms with van der Waals surface area (Å²) in [6, 6.07) is 19.0. The fourth-order valence-corrected chi connectivity index (χ4v) is 2.46. The van der Waals surface area contributed by atoms with Gasteiger partial charge in [0.1, 0.15) is 5.75 Å². The van der Waals surface area contributed by atoms with Crippen LogP contribution in [0.2, 0.25) is 0 Å². The predicted octanol–water partition coefficient (Wildman–Crippen LogP) is 4.73. The maximum Gasteiger partial charge on any atom is 0.345 e. The van der Waals surface area contributed by atoms with E-state index in [1.54, 1.807) is 18.3 Å². The van der Waals surface area contributed by atoms with E-state index in [0.717, 1.165) is 15.6 Å². The van der Waals surface area contributed by atoms with Crippen LogP contribution < -0.4 is 4.74 Å². The molecule has 3 aromatic rings. The number of hydrogen-bond donors (Lipinski definition) is 0. The summed E-state index contributed by atoms with van der Waals surface area (Å²) in [6.45, 7) is 0. The number of para-hydroxylation sites is 1. The standard InChI is InChI=1S/C18H12BrNO2/c19-15-10-14(11-20-12-15)18(21)22-17-9-5-4-8-16(17)13-6-2-1-3-7-13/h1-12H.